The highest BCUT2D eigenvalue weighted by Crippen LogP contribution is 2.17. The Bertz CT molecular complexity index is 643. The zero-order valence-corrected chi connectivity index (χ0v) is 16.7. The summed E-state index contributed by atoms with van der Waals surface area (Å²) in [4.78, 5) is 8.70. The van der Waals surface area contributed by atoms with Gasteiger partial charge in [0, 0.05) is 20.1 Å². The highest BCUT2D eigenvalue weighted by Gasteiger charge is 2.04. The van der Waals surface area contributed by atoms with Crippen LogP contribution in [0.5, 0.6) is 5.75 Å². The van der Waals surface area contributed by atoms with Crippen molar-refractivity contribution in [1.82, 2.24) is 25.4 Å². The molecule has 0 unspecified atom stereocenters. The maximum absolute atomic E-state index is 5.37. The first-order valence-electron chi connectivity index (χ1n) is 7.71. The fourth-order valence-electron chi connectivity index (χ4n) is 2.18. The van der Waals surface area contributed by atoms with E-state index in [0.717, 1.165) is 37.0 Å². The summed E-state index contributed by atoms with van der Waals surface area (Å²) in [5.41, 5.74) is 1.17. The SMILES string of the molecule is CCNC(=NCc1ncnn1C)NCCc1ccccc1OC.I. The first-order valence-corrected chi connectivity index (χ1v) is 7.71. The van der Waals surface area contributed by atoms with Crippen LogP contribution in [0.1, 0.15) is 18.3 Å². The van der Waals surface area contributed by atoms with Crippen LogP contribution in [0, 0.1) is 0 Å². The maximum atomic E-state index is 5.37. The molecule has 1 aromatic carbocycles. The van der Waals surface area contributed by atoms with E-state index in [-0.39, 0.29) is 24.0 Å². The van der Waals surface area contributed by atoms with Crippen LogP contribution in [-0.4, -0.2) is 40.9 Å². The van der Waals surface area contributed by atoms with Crippen molar-refractivity contribution in [1.29, 1.82) is 0 Å². The third kappa shape index (κ3) is 5.99. The topological polar surface area (TPSA) is 76.4 Å². The summed E-state index contributed by atoms with van der Waals surface area (Å²) < 4.78 is 7.09. The van der Waals surface area contributed by atoms with Gasteiger partial charge in [0.05, 0.1) is 7.11 Å². The lowest BCUT2D eigenvalue weighted by molar-refractivity contribution is 0.409. The molecule has 1 heterocycles. The normalized spacial score (nSPS) is 10.9. The summed E-state index contributed by atoms with van der Waals surface area (Å²) in [6, 6.07) is 8.04. The number of aromatic nitrogens is 3. The van der Waals surface area contributed by atoms with E-state index in [4.69, 9.17) is 4.74 Å². The molecule has 0 amide bonds. The van der Waals surface area contributed by atoms with E-state index in [2.05, 4.69) is 31.8 Å². The number of benzene rings is 1. The summed E-state index contributed by atoms with van der Waals surface area (Å²) >= 11 is 0. The molecule has 0 fully saturated rings. The molecule has 132 valence electrons. The van der Waals surface area contributed by atoms with Crippen LogP contribution in [0.15, 0.2) is 35.6 Å². The third-order valence-electron chi connectivity index (χ3n) is 3.41. The van der Waals surface area contributed by atoms with Crippen molar-refractivity contribution in [2.45, 2.75) is 19.9 Å². The van der Waals surface area contributed by atoms with Crippen LogP contribution in [0.3, 0.4) is 0 Å². The first kappa shape index (κ1) is 20.2. The van der Waals surface area contributed by atoms with E-state index >= 15 is 0 Å². The highest BCUT2D eigenvalue weighted by atomic mass is 127. The van der Waals surface area contributed by atoms with Crippen molar-refractivity contribution in [3.8, 4) is 5.75 Å². The largest absolute Gasteiger partial charge is 0.496 e. The van der Waals surface area contributed by atoms with Crippen molar-refractivity contribution in [3.63, 3.8) is 0 Å². The zero-order chi connectivity index (χ0) is 16.5. The molecule has 0 saturated carbocycles. The van der Waals surface area contributed by atoms with Gasteiger partial charge in [-0.1, -0.05) is 18.2 Å². The van der Waals surface area contributed by atoms with Crippen LogP contribution in [-0.2, 0) is 20.0 Å². The highest BCUT2D eigenvalue weighted by molar-refractivity contribution is 14.0. The Morgan fingerprint density at radius 3 is 2.75 bits per heavy atom. The average molecular weight is 444 g/mol. The second-order valence-electron chi connectivity index (χ2n) is 4.98. The average Bonchev–Trinajstić information content (AvgIpc) is 2.98. The van der Waals surface area contributed by atoms with Gasteiger partial charge in [-0.2, -0.15) is 5.10 Å². The molecule has 2 N–H and O–H groups in total. The smallest absolute Gasteiger partial charge is 0.191 e. The van der Waals surface area contributed by atoms with E-state index in [1.54, 1.807) is 11.8 Å². The number of rotatable bonds is 7. The van der Waals surface area contributed by atoms with Gasteiger partial charge in [0.15, 0.2) is 5.96 Å². The minimum absolute atomic E-state index is 0. The van der Waals surface area contributed by atoms with Gasteiger partial charge in [0.2, 0.25) is 0 Å². The Balaban J connectivity index is 0.00000288. The van der Waals surface area contributed by atoms with Gasteiger partial charge in [0.25, 0.3) is 0 Å². The molecule has 0 aliphatic rings. The Morgan fingerprint density at radius 1 is 1.29 bits per heavy atom. The number of halogens is 1. The summed E-state index contributed by atoms with van der Waals surface area (Å²) in [6.45, 7) is 4.10. The van der Waals surface area contributed by atoms with Crippen LogP contribution in [0.2, 0.25) is 0 Å². The van der Waals surface area contributed by atoms with Crippen LogP contribution < -0.4 is 15.4 Å². The second kappa shape index (κ2) is 10.8. The predicted octanol–water partition coefficient (Wildman–Crippen LogP) is 1.74. The number of aryl methyl sites for hydroxylation is 1. The molecular formula is C16H25IN6O. The number of nitrogens with zero attached hydrogens (tertiary/aromatic N) is 4. The van der Waals surface area contributed by atoms with E-state index in [0.29, 0.717) is 6.54 Å². The number of para-hydroxylation sites is 1. The minimum atomic E-state index is 0. The molecular weight excluding hydrogens is 419 g/mol. The summed E-state index contributed by atoms with van der Waals surface area (Å²) in [5, 5.41) is 10.6. The molecule has 0 bridgehead atoms. The second-order valence-corrected chi connectivity index (χ2v) is 4.98. The molecule has 8 heteroatoms. The van der Waals surface area contributed by atoms with Crippen molar-refractivity contribution < 1.29 is 4.74 Å². The first-order chi connectivity index (χ1) is 11.2. The monoisotopic (exact) mass is 444 g/mol. The third-order valence-corrected chi connectivity index (χ3v) is 3.41. The summed E-state index contributed by atoms with van der Waals surface area (Å²) in [5.74, 6) is 2.51. The number of hydrogen-bond donors (Lipinski definition) is 2. The number of nitrogens with one attached hydrogen (secondary N) is 2. The number of methoxy groups -OCH3 is 1. The lowest BCUT2D eigenvalue weighted by Crippen LogP contribution is -2.38. The molecule has 0 atom stereocenters. The molecule has 0 radical (unpaired) electrons. The number of hydrogen-bond acceptors (Lipinski definition) is 4. The van der Waals surface area contributed by atoms with Gasteiger partial charge >= 0.3 is 0 Å². The van der Waals surface area contributed by atoms with E-state index in [9.17, 15) is 0 Å². The number of guanidine groups is 1. The van der Waals surface area contributed by atoms with Crippen LogP contribution in [0.25, 0.3) is 0 Å². The molecule has 2 rings (SSSR count). The fourth-order valence-corrected chi connectivity index (χ4v) is 2.18. The van der Waals surface area contributed by atoms with E-state index in [1.165, 1.54) is 11.9 Å². The van der Waals surface area contributed by atoms with E-state index < -0.39 is 0 Å². The minimum Gasteiger partial charge on any atom is -0.496 e. The van der Waals surface area contributed by atoms with Gasteiger partial charge < -0.3 is 15.4 Å². The van der Waals surface area contributed by atoms with Gasteiger partial charge in [-0.05, 0) is 25.0 Å². The maximum Gasteiger partial charge on any atom is 0.191 e. The van der Waals surface area contributed by atoms with Crippen molar-refractivity contribution >= 4 is 29.9 Å². The molecule has 1 aromatic heterocycles. The lowest BCUT2D eigenvalue weighted by atomic mass is 10.1. The molecule has 2 aromatic rings. The Morgan fingerprint density at radius 2 is 2.08 bits per heavy atom. The van der Waals surface area contributed by atoms with E-state index in [1.807, 2.05) is 32.2 Å². The lowest BCUT2D eigenvalue weighted by Gasteiger charge is -2.12. The van der Waals surface area contributed by atoms with Gasteiger partial charge in [-0.15, -0.1) is 24.0 Å². The number of aliphatic imine (C=N–C) groups is 1. The molecule has 7 nitrogen and oxygen atoms in total. The molecule has 0 spiro atoms. The van der Waals surface area contributed by atoms with Crippen LogP contribution in [0.4, 0.5) is 0 Å². The van der Waals surface area contributed by atoms with Crippen LogP contribution >= 0.6 is 24.0 Å². The van der Waals surface area contributed by atoms with Gasteiger partial charge in [0.1, 0.15) is 24.4 Å². The van der Waals surface area contributed by atoms with Crippen molar-refractivity contribution in [2.75, 3.05) is 20.2 Å². The molecule has 0 saturated heterocycles. The Hall–Kier alpha value is -1.84. The Kier molecular flexibility index (Phi) is 9.13. The molecule has 24 heavy (non-hydrogen) atoms. The van der Waals surface area contributed by atoms with Gasteiger partial charge in [-0.25, -0.2) is 9.98 Å². The molecule has 0 aliphatic carbocycles. The molecule has 0 aliphatic heterocycles. The Labute approximate surface area is 159 Å². The summed E-state index contributed by atoms with van der Waals surface area (Å²) in [7, 11) is 3.55. The standard InChI is InChI=1S/C16H24N6O.HI/c1-4-17-16(19-11-15-20-12-21-22(15)2)18-10-9-13-7-5-6-8-14(13)23-3;/h5-8,12H,4,9-11H2,1-3H3,(H2,17,18,19);1H. The predicted molar refractivity (Wildman–Crippen MR) is 106 cm³/mol. The fraction of sp³-hybridized carbons (Fsp3) is 0.438. The number of ether oxygens (including phenoxy) is 1. The zero-order valence-electron chi connectivity index (χ0n) is 14.3. The van der Waals surface area contributed by atoms with Gasteiger partial charge in [-0.3, -0.25) is 4.68 Å². The summed E-state index contributed by atoms with van der Waals surface area (Å²) in [6.07, 6.45) is 2.39. The quantitative estimate of drug-likeness (QED) is 0.387. The van der Waals surface area contributed by atoms with Crippen molar-refractivity contribution in [2.24, 2.45) is 12.0 Å². The van der Waals surface area contributed by atoms with Crippen molar-refractivity contribution in [3.05, 3.63) is 42.0 Å².